The molecule has 0 N–H and O–H groups in total. The van der Waals surface area contributed by atoms with E-state index in [-0.39, 0.29) is 43.6 Å². The average molecular weight is 784 g/mol. The second-order valence-corrected chi connectivity index (χ2v) is 16.0. The molecule has 1 aliphatic rings. The van der Waals surface area contributed by atoms with E-state index in [1.807, 2.05) is 0 Å². The van der Waals surface area contributed by atoms with E-state index in [0.29, 0.717) is 19.4 Å². The van der Waals surface area contributed by atoms with Gasteiger partial charge >= 0.3 is 11.9 Å². The zero-order valence-electron chi connectivity index (χ0n) is 36.3. The standard InChI is InChI=1S/C49H85NO6/c1-3-5-7-9-11-13-15-17-19-21-23-25-27-29-31-36-48(52)55-44-47(45-56-49(53)37-34-40-50-38-32-33-39-50)43-54-42-46(41-51)35-30-28-26-24-22-20-18-16-14-12-10-8-6-4-2/h11-14,17-20,41,46-47H,3-10,15-16,21-40,42-45H2,1-2H3/b13-11-,14-12-,19-17-,20-18-. The van der Waals surface area contributed by atoms with E-state index in [1.165, 1.54) is 83.5 Å². The molecule has 7 heteroatoms. The molecule has 1 heterocycles. The third kappa shape index (κ3) is 34.7. The van der Waals surface area contributed by atoms with Gasteiger partial charge in [0.25, 0.3) is 0 Å². The third-order valence-corrected chi connectivity index (χ3v) is 10.5. The maximum Gasteiger partial charge on any atom is 0.305 e. The minimum Gasteiger partial charge on any atom is -0.465 e. The van der Waals surface area contributed by atoms with Crippen LogP contribution in [0.5, 0.6) is 0 Å². The zero-order chi connectivity index (χ0) is 40.4. The summed E-state index contributed by atoms with van der Waals surface area (Å²) in [5, 5.41) is 0. The molecule has 2 unspecified atom stereocenters. The quantitative estimate of drug-likeness (QED) is 0.0265. The van der Waals surface area contributed by atoms with E-state index < -0.39 is 0 Å². The minimum atomic E-state index is -0.261. The van der Waals surface area contributed by atoms with Crippen LogP contribution in [0.15, 0.2) is 48.6 Å². The molecule has 0 aliphatic carbocycles. The second kappa shape index (κ2) is 40.7. The Balaban J connectivity index is 2.29. The molecular weight excluding hydrogens is 699 g/mol. The molecule has 2 atom stereocenters. The van der Waals surface area contributed by atoms with Crippen LogP contribution >= 0.6 is 0 Å². The normalized spacial score (nSPS) is 14.8. The van der Waals surface area contributed by atoms with Crippen LogP contribution < -0.4 is 0 Å². The molecule has 0 aromatic rings. The van der Waals surface area contributed by atoms with Crippen LogP contribution in [-0.2, 0) is 28.6 Å². The van der Waals surface area contributed by atoms with Crippen molar-refractivity contribution in [1.29, 1.82) is 0 Å². The molecule has 0 aromatic heterocycles. The van der Waals surface area contributed by atoms with E-state index in [2.05, 4.69) is 67.4 Å². The van der Waals surface area contributed by atoms with Gasteiger partial charge in [0.2, 0.25) is 0 Å². The lowest BCUT2D eigenvalue weighted by Gasteiger charge is -2.19. The molecule has 7 nitrogen and oxygen atoms in total. The summed E-state index contributed by atoms with van der Waals surface area (Å²) in [5.74, 6) is -0.855. The number of aldehydes is 1. The minimum absolute atomic E-state index is 0.148. The SMILES string of the molecule is CCCCC/C=C\C/C=C\CCCCCCCC(=O)OCC(COCC(C=O)CCCCCC/C=C\C/C=C\CCCCC)COC(=O)CCCN1CCCC1. The largest absolute Gasteiger partial charge is 0.465 e. The summed E-state index contributed by atoms with van der Waals surface area (Å²) in [5.41, 5.74) is 0. The summed E-state index contributed by atoms with van der Waals surface area (Å²) in [6.45, 7) is 8.54. The number of allylic oxidation sites excluding steroid dienone is 8. The Kier molecular flexibility index (Phi) is 37.4. The molecule has 0 amide bonds. The van der Waals surface area contributed by atoms with Gasteiger partial charge in [0.05, 0.1) is 32.3 Å². The second-order valence-electron chi connectivity index (χ2n) is 16.0. The van der Waals surface area contributed by atoms with E-state index in [4.69, 9.17) is 14.2 Å². The van der Waals surface area contributed by atoms with Crippen LogP contribution in [0.2, 0.25) is 0 Å². The molecular formula is C49H85NO6. The Hall–Kier alpha value is -2.51. The van der Waals surface area contributed by atoms with Gasteiger partial charge in [-0.1, -0.05) is 127 Å². The molecule has 0 spiro atoms. The van der Waals surface area contributed by atoms with E-state index in [0.717, 1.165) is 103 Å². The van der Waals surface area contributed by atoms with Crippen LogP contribution in [0, 0.1) is 11.8 Å². The molecule has 1 saturated heterocycles. The van der Waals surface area contributed by atoms with Crippen LogP contribution in [0.3, 0.4) is 0 Å². The summed E-state index contributed by atoms with van der Waals surface area (Å²) >= 11 is 0. The van der Waals surface area contributed by atoms with Crippen molar-refractivity contribution in [2.75, 3.05) is 46.1 Å². The van der Waals surface area contributed by atoms with Gasteiger partial charge in [0.15, 0.2) is 0 Å². The number of hydrogen-bond acceptors (Lipinski definition) is 7. The highest BCUT2D eigenvalue weighted by Gasteiger charge is 2.18. The number of unbranched alkanes of at least 4 members (excludes halogenated alkanes) is 15. The summed E-state index contributed by atoms with van der Waals surface area (Å²) in [6, 6.07) is 0. The molecule has 0 radical (unpaired) electrons. The number of carbonyl (C=O) groups excluding carboxylic acids is 3. The van der Waals surface area contributed by atoms with Gasteiger partial charge in [-0.25, -0.2) is 0 Å². The zero-order valence-corrected chi connectivity index (χ0v) is 36.3. The summed E-state index contributed by atoms with van der Waals surface area (Å²) in [4.78, 5) is 39.3. The molecule has 322 valence electrons. The lowest BCUT2D eigenvalue weighted by Crippen LogP contribution is -2.27. The first kappa shape index (κ1) is 51.5. The van der Waals surface area contributed by atoms with Crippen LogP contribution in [0.25, 0.3) is 0 Å². The maximum absolute atomic E-state index is 12.6. The summed E-state index contributed by atoms with van der Waals surface area (Å²) in [7, 11) is 0. The highest BCUT2D eigenvalue weighted by molar-refractivity contribution is 5.69. The van der Waals surface area contributed by atoms with Crippen LogP contribution in [0.1, 0.15) is 187 Å². The van der Waals surface area contributed by atoms with Crippen molar-refractivity contribution in [3.05, 3.63) is 48.6 Å². The number of carbonyl (C=O) groups is 3. The Morgan fingerprint density at radius 1 is 0.536 bits per heavy atom. The molecule has 0 aromatic carbocycles. The van der Waals surface area contributed by atoms with Crippen molar-refractivity contribution >= 4 is 18.2 Å². The van der Waals surface area contributed by atoms with E-state index >= 15 is 0 Å². The van der Waals surface area contributed by atoms with Crippen LogP contribution in [0.4, 0.5) is 0 Å². The Morgan fingerprint density at radius 2 is 1.00 bits per heavy atom. The molecule has 1 fully saturated rings. The summed E-state index contributed by atoms with van der Waals surface area (Å²) < 4.78 is 17.2. The van der Waals surface area contributed by atoms with Crippen LogP contribution in [-0.4, -0.2) is 69.2 Å². The van der Waals surface area contributed by atoms with Gasteiger partial charge < -0.3 is 23.9 Å². The third-order valence-electron chi connectivity index (χ3n) is 10.5. The van der Waals surface area contributed by atoms with Gasteiger partial charge in [-0.3, -0.25) is 9.59 Å². The van der Waals surface area contributed by atoms with E-state index in [1.54, 1.807) is 0 Å². The fraction of sp³-hybridized carbons (Fsp3) is 0.776. The number of hydrogen-bond donors (Lipinski definition) is 0. The smallest absolute Gasteiger partial charge is 0.305 e. The van der Waals surface area contributed by atoms with Gasteiger partial charge in [0, 0.05) is 18.8 Å². The molecule has 0 bridgehead atoms. The fourth-order valence-corrected chi connectivity index (χ4v) is 6.86. The Morgan fingerprint density at radius 3 is 1.52 bits per heavy atom. The maximum atomic E-state index is 12.6. The predicted molar refractivity (Wildman–Crippen MR) is 235 cm³/mol. The van der Waals surface area contributed by atoms with Crippen molar-refractivity contribution in [1.82, 2.24) is 4.90 Å². The molecule has 0 saturated carbocycles. The highest BCUT2D eigenvalue weighted by Crippen LogP contribution is 2.14. The van der Waals surface area contributed by atoms with Crippen molar-refractivity contribution in [2.24, 2.45) is 11.8 Å². The van der Waals surface area contributed by atoms with Crippen molar-refractivity contribution in [3.63, 3.8) is 0 Å². The lowest BCUT2D eigenvalue weighted by molar-refractivity contribution is -0.150. The first-order valence-corrected chi connectivity index (χ1v) is 23.3. The number of esters is 2. The number of likely N-dealkylation sites (tertiary alicyclic amines) is 1. The number of ether oxygens (including phenoxy) is 3. The van der Waals surface area contributed by atoms with Gasteiger partial charge in [-0.2, -0.15) is 0 Å². The average Bonchev–Trinajstić information content (AvgIpc) is 3.73. The van der Waals surface area contributed by atoms with Crippen molar-refractivity contribution < 1.29 is 28.6 Å². The van der Waals surface area contributed by atoms with Gasteiger partial charge in [0.1, 0.15) is 6.29 Å². The predicted octanol–water partition coefficient (Wildman–Crippen LogP) is 12.6. The first-order valence-electron chi connectivity index (χ1n) is 23.3. The molecule has 1 aliphatic heterocycles. The first-order chi connectivity index (χ1) is 27.6. The van der Waals surface area contributed by atoms with Gasteiger partial charge in [-0.05, 0) is 116 Å². The van der Waals surface area contributed by atoms with E-state index in [9.17, 15) is 14.4 Å². The Labute approximate surface area is 344 Å². The van der Waals surface area contributed by atoms with Gasteiger partial charge in [-0.15, -0.1) is 0 Å². The lowest BCUT2D eigenvalue weighted by atomic mass is 10.0. The Bertz CT molecular complexity index is 1030. The summed E-state index contributed by atoms with van der Waals surface area (Å²) in [6.07, 6.45) is 48.3. The van der Waals surface area contributed by atoms with Crippen molar-refractivity contribution in [3.8, 4) is 0 Å². The topological polar surface area (TPSA) is 82.1 Å². The number of nitrogens with zero attached hydrogens (tertiary/aromatic N) is 1. The fourth-order valence-electron chi connectivity index (χ4n) is 6.86. The van der Waals surface area contributed by atoms with Crippen molar-refractivity contribution in [2.45, 2.75) is 187 Å². The molecule has 1 rings (SSSR count). The molecule has 56 heavy (non-hydrogen) atoms. The number of rotatable bonds is 40. The highest BCUT2D eigenvalue weighted by atomic mass is 16.6. The monoisotopic (exact) mass is 784 g/mol.